The summed E-state index contributed by atoms with van der Waals surface area (Å²) in [6.45, 7) is 1.84. The lowest BCUT2D eigenvalue weighted by Gasteiger charge is -2.01. The van der Waals surface area contributed by atoms with Gasteiger partial charge in [-0.2, -0.15) is 13.5 Å². The van der Waals surface area contributed by atoms with Crippen molar-refractivity contribution in [3.8, 4) is 5.75 Å². The Labute approximate surface area is 151 Å². The lowest BCUT2D eigenvalue weighted by Crippen LogP contribution is -2.27. The Hall–Kier alpha value is -2.95. The SMILES string of the molecule is COc1ccccc1C=NN=C(N)NO.Cc1ccc(S(=O)(=O)O)cc1. The molecule has 2 aromatic carbocycles. The molecule has 0 saturated carbocycles. The van der Waals surface area contributed by atoms with Gasteiger partial charge in [-0.25, -0.2) is 5.48 Å². The number of nitrogens with one attached hydrogen (secondary N) is 1. The van der Waals surface area contributed by atoms with Crippen LogP contribution in [-0.4, -0.2) is 37.5 Å². The highest BCUT2D eigenvalue weighted by Crippen LogP contribution is 2.14. The van der Waals surface area contributed by atoms with Crippen LogP contribution in [0.5, 0.6) is 5.75 Å². The average Bonchev–Trinajstić information content (AvgIpc) is 2.62. The number of methoxy groups -OCH3 is 1. The van der Waals surface area contributed by atoms with E-state index in [0.29, 0.717) is 5.75 Å². The summed E-state index contributed by atoms with van der Waals surface area (Å²) in [6, 6.07) is 13.3. The van der Waals surface area contributed by atoms with Crippen LogP contribution in [0.4, 0.5) is 0 Å². The maximum Gasteiger partial charge on any atom is 0.294 e. The zero-order valence-electron chi connectivity index (χ0n) is 14.2. The van der Waals surface area contributed by atoms with Gasteiger partial charge < -0.3 is 10.5 Å². The van der Waals surface area contributed by atoms with Crippen LogP contribution < -0.4 is 16.0 Å². The van der Waals surface area contributed by atoms with Gasteiger partial charge in [0.15, 0.2) is 0 Å². The number of benzene rings is 2. The van der Waals surface area contributed by atoms with E-state index in [-0.39, 0.29) is 10.9 Å². The second kappa shape index (κ2) is 10.1. The zero-order chi connectivity index (χ0) is 19.6. The molecular formula is C16H20N4O5S. The smallest absolute Gasteiger partial charge is 0.294 e. The van der Waals surface area contributed by atoms with E-state index in [9.17, 15) is 8.42 Å². The summed E-state index contributed by atoms with van der Waals surface area (Å²) < 4.78 is 34.6. The van der Waals surface area contributed by atoms with Crippen LogP contribution in [0.25, 0.3) is 0 Å². The van der Waals surface area contributed by atoms with Crippen molar-refractivity contribution < 1.29 is 22.9 Å². The van der Waals surface area contributed by atoms with Gasteiger partial charge in [-0.1, -0.05) is 29.8 Å². The van der Waals surface area contributed by atoms with E-state index in [1.807, 2.05) is 25.1 Å². The largest absolute Gasteiger partial charge is 0.496 e. The van der Waals surface area contributed by atoms with E-state index in [4.69, 9.17) is 20.2 Å². The van der Waals surface area contributed by atoms with E-state index in [2.05, 4.69) is 10.2 Å². The number of hydrogen-bond acceptors (Lipinski definition) is 6. The minimum absolute atomic E-state index is 0.0666. The van der Waals surface area contributed by atoms with Crippen LogP contribution >= 0.6 is 0 Å². The Morgan fingerprint density at radius 3 is 2.35 bits per heavy atom. The molecule has 0 amide bonds. The third-order valence-corrected chi connectivity index (χ3v) is 3.80. The molecule has 0 aliphatic rings. The summed E-state index contributed by atoms with van der Waals surface area (Å²) in [7, 11) is -2.45. The van der Waals surface area contributed by atoms with Crippen molar-refractivity contribution in [3.05, 3.63) is 59.7 Å². The van der Waals surface area contributed by atoms with Gasteiger partial charge in [-0.05, 0) is 31.2 Å². The van der Waals surface area contributed by atoms with Crippen LogP contribution in [0.2, 0.25) is 0 Å². The molecule has 0 spiro atoms. The van der Waals surface area contributed by atoms with Gasteiger partial charge in [-0.3, -0.25) is 9.76 Å². The second-order valence-corrected chi connectivity index (χ2v) is 6.29. The van der Waals surface area contributed by atoms with Crippen molar-refractivity contribution >= 4 is 22.3 Å². The fourth-order valence-corrected chi connectivity index (χ4v) is 2.14. The summed E-state index contributed by atoms with van der Waals surface area (Å²) in [5, 5.41) is 15.4. The van der Waals surface area contributed by atoms with Crippen LogP contribution in [0, 0.1) is 6.92 Å². The lowest BCUT2D eigenvalue weighted by atomic mass is 10.2. The quantitative estimate of drug-likeness (QED) is 0.272. The normalized spacial score (nSPS) is 11.6. The number of hydrogen-bond donors (Lipinski definition) is 4. The average molecular weight is 380 g/mol. The summed E-state index contributed by atoms with van der Waals surface area (Å²) in [6.07, 6.45) is 1.48. The molecule has 0 saturated heterocycles. The number of para-hydroxylation sites is 1. The van der Waals surface area contributed by atoms with Crippen LogP contribution in [0.15, 0.2) is 63.6 Å². The first kappa shape index (κ1) is 21.1. The number of aryl methyl sites for hydroxylation is 1. The molecule has 0 aliphatic heterocycles. The molecule has 0 fully saturated rings. The minimum Gasteiger partial charge on any atom is -0.496 e. The molecule has 0 aliphatic carbocycles. The molecular weight excluding hydrogens is 360 g/mol. The van der Waals surface area contributed by atoms with E-state index in [0.717, 1.165) is 11.1 Å². The molecule has 2 aromatic rings. The maximum absolute atomic E-state index is 10.5. The Kier molecular flexibility index (Phi) is 8.22. The van der Waals surface area contributed by atoms with Gasteiger partial charge >= 0.3 is 0 Å². The Morgan fingerprint density at radius 1 is 1.19 bits per heavy atom. The molecule has 0 radical (unpaired) electrons. The fraction of sp³-hybridized carbons (Fsp3) is 0.125. The van der Waals surface area contributed by atoms with E-state index >= 15 is 0 Å². The minimum atomic E-state index is -4.02. The van der Waals surface area contributed by atoms with Crippen LogP contribution in [0.1, 0.15) is 11.1 Å². The van der Waals surface area contributed by atoms with Crippen LogP contribution in [0.3, 0.4) is 0 Å². The molecule has 0 atom stereocenters. The number of hydroxylamine groups is 1. The van der Waals surface area contributed by atoms with Gasteiger partial charge in [0, 0.05) is 5.56 Å². The number of nitrogens with two attached hydrogens (primary N) is 1. The van der Waals surface area contributed by atoms with Crippen molar-refractivity contribution in [2.45, 2.75) is 11.8 Å². The molecule has 0 heterocycles. The molecule has 9 nitrogen and oxygen atoms in total. The topological polar surface area (TPSA) is 147 Å². The van der Waals surface area contributed by atoms with Crippen molar-refractivity contribution in [2.75, 3.05) is 7.11 Å². The molecule has 0 bridgehead atoms. The Morgan fingerprint density at radius 2 is 1.81 bits per heavy atom. The lowest BCUT2D eigenvalue weighted by molar-refractivity contribution is 0.232. The standard InChI is InChI=1S/C9H12N4O2.C7H8O3S/c1-15-8-5-3-2-4-7(8)6-11-12-9(10)13-14;1-6-2-4-7(5-3-6)11(8,9)10/h2-6,14H,1H3,(H3,10,12,13);2-5H,1H3,(H,8,9,10). The van der Waals surface area contributed by atoms with Gasteiger partial charge in [0.25, 0.3) is 10.1 Å². The summed E-state index contributed by atoms with van der Waals surface area (Å²) in [5.41, 5.74) is 8.54. The summed E-state index contributed by atoms with van der Waals surface area (Å²) >= 11 is 0. The predicted octanol–water partition coefficient (Wildman–Crippen LogP) is 1.56. The predicted molar refractivity (Wildman–Crippen MR) is 98.1 cm³/mol. The summed E-state index contributed by atoms with van der Waals surface area (Å²) in [5.74, 6) is 0.508. The Balaban J connectivity index is 0.000000273. The Bertz CT molecular complexity index is 864. The van der Waals surface area contributed by atoms with Crippen molar-refractivity contribution in [1.82, 2.24) is 5.48 Å². The molecule has 2 rings (SSSR count). The first-order chi connectivity index (χ1) is 12.3. The van der Waals surface area contributed by atoms with Crippen molar-refractivity contribution in [1.29, 1.82) is 0 Å². The monoisotopic (exact) mass is 380 g/mol. The highest BCUT2D eigenvalue weighted by atomic mass is 32.2. The number of rotatable bonds is 4. The number of ether oxygens (including phenoxy) is 1. The fourth-order valence-electron chi connectivity index (χ4n) is 1.66. The van der Waals surface area contributed by atoms with Crippen molar-refractivity contribution in [3.63, 3.8) is 0 Å². The van der Waals surface area contributed by atoms with Gasteiger partial charge in [-0.15, -0.1) is 5.10 Å². The second-order valence-electron chi connectivity index (χ2n) is 4.87. The molecule has 10 heteroatoms. The molecule has 26 heavy (non-hydrogen) atoms. The number of nitrogens with zero attached hydrogens (tertiary/aromatic N) is 2. The first-order valence-electron chi connectivity index (χ1n) is 7.21. The third kappa shape index (κ3) is 7.30. The highest BCUT2D eigenvalue weighted by Gasteiger charge is 2.06. The van der Waals surface area contributed by atoms with E-state index in [1.165, 1.54) is 18.3 Å². The third-order valence-electron chi connectivity index (χ3n) is 2.93. The number of guanidine groups is 1. The maximum atomic E-state index is 10.5. The van der Waals surface area contributed by atoms with Crippen LogP contribution in [-0.2, 0) is 10.1 Å². The molecule has 0 unspecified atom stereocenters. The van der Waals surface area contributed by atoms with Gasteiger partial charge in [0.1, 0.15) is 5.75 Å². The zero-order valence-corrected chi connectivity index (χ0v) is 15.0. The van der Waals surface area contributed by atoms with Crippen molar-refractivity contribution in [2.24, 2.45) is 15.9 Å². The molecule has 0 aromatic heterocycles. The highest BCUT2D eigenvalue weighted by molar-refractivity contribution is 7.85. The first-order valence-corrected chi connectivity index (χ1v) is 8.65. The van der Waals surface area contributed by atoms with E-state index in [1.54, 1.807) is 30.8 Å². The van der Waals surface area contributed by atoms with E-state index < -0.39 is 10.1 Å². The molecule has 5 N–H and O–H groups in total. The van der Waals surface area contributed by atoms with Gasteiger partial charge in [0.2, 0.25) is 5.96 Å². The summed E-state index contributed by atoms with van der Waals surface area (Å²) in [4.78, 5) is -0.0666. The molecule has 140 valence electrons. The van der Waals surface area contributed by atoms with Gasteiger partial charge in [0.05, 0.1) is 18.2 Å².